The molecule has 0 amide bonds. The van der Waals surface area contributed by atoms with Crippen LogP contribution in [0.4, 0.5) is 0 Å². The van der Waals surface area contributed by atoms with Crippen LogP contribution in [0, 0.1) is 16.2 Å². The number of fused-ring (bicyclic) bond motifs is 2. The zero-order chi connectivity index (χ0) is 13.1. The van der Waals surface area contributed by atoms with E-state index >= 15 is 0 Å². The van der Waals surface area contributed by atoms with Gasteiger partial charge in [-0.2, -0.15) is 0 Å². The molecular formula is C13H18O4. The molecule has 2 rings (SSSR count). The van der Waals surface area contributed by atoms with Crippen LogP contribution in [0.1, 0.15) is 33.6 Å². The van der Waals surface area contributed by atoms with Crippen molar-refractivity contribution in [2.45, 2.75) is 33.6 Å². The number of ether oxygens (including phenoxy) is 1. The van der Waals surface area contributed by atoms with Gasteiger partial charge in [-0.1, -0.05) is 32.4 Å². The standard InChI is InChI=1S/C13H18O4/c1-11(2)8-5-6-12(11,3)13(7-8,9(14)15)10(16)17-4/h7H,5-6H2,1-4H3,(H,14,15). The van der Waals surface area contributed by atoms with Gasteiger partial charge >= 0.3 is 11.9 Å². The van der Waals surface area contributed by atoms with Crippen LogP contribution >= 0.6 is 0 Å². The fourth-order valence-corrected chi connectivity index (χ4v) is 3.56. The molecule has 2 aliphatic rings. The smallest absolute Gasteiger partial charge is 0.327 e. The van der Waals surface area contributed by atoms with Gasteiger partial charge in [-0.3, -0.25) is 9.59 Å². The highest BCUT2D eigenvalue weighted by Crippen LogP contribution is 2.70. The summed E-state index contributed by atoms with van der Waals surface area (Å²) < 4.78 is 4.75. The Labute approximate surface area is 101 Å². The van der Waals surface area contributed by atoms with Crippen LogP contribution in [0.15, 0.2) is 11.6 Å². The summed E-state index contributed by atoms with van der Waals surface area (Å²) in [5.74, 6) is -1.76. The predicted octanol–water partition coefficient (Wildman–Crippen LogP) is 2.00. The number of aliphatic carboxylic acids is 1. The normalized spacial score (nSPS) is 37.8. The molecule has 1 saturated carbocycles. The first-order valence-corrected chi connectivity index (χ1v) is 5.78. The van der Waals surface area contributed by atoms with Crippen molar-refractivity contribution in [3.63, 3.8) is 0 Å². The Morgan fingerprint density at radius 2 is 1.94 bits per heavy atom. The Balaban J connectivity index is 2.68. The molecule has 94 valence electrons. The first kappa shape index (κ1) is 12.1. The van der Waals surface area contributed by atoms with Crippen molar-refractivity contribution in [2.75, 3.05) is 7.11 Å². The fraction of sp³-hybridized carbons (Fsp3) is 0.692. The van der Waals surface area contributed by atoms with Gasteiger partial charge in [-0.25, -0.2) is 0 Å². The minimum atomic E-state index is -1.52. The Bertz CT molecular complexity index is 435. The summed E-state index contributed by atoms with van der Waals surface area (Å²) in [6.45, 7) is 5.91. The summed E-state index contributed by atoms with van der Waals surface area (Å²) in [5, 5.41) is 9.54. The maximum atomic E-state index is 12.0. The van der Waals surface area contributed by atoms with Crippen molar-refractivity contribution in [3.05, 3.63) is 11.6 Å². The molecule has 0 heterocycles. The van der Waals surface area contributed by atoms with Gasteiger partial charge in [0.25, 0.3) is 0 Å². The molecule has 0 aromatic heterocycles. The molecule has 0 spiro atoms. The number of hydrogen-bond donors (Lipinski definition) is 1. The molecule has 4 heteroatoms. The van der Waals surface area contributed by atoms with Crippen molar-refractivity contribution < 1.29 is 19.4 Å². The molecule has 1 N–H and O–H groups in total. The molecule has 2 atom stereocenters. The van der Waals surface area contributed by atoms with Gasteiger partial charge in [0.05, 0.1) is 7.11 Å². The van der Waals surface area contributed by atoms with Crippen LogP contribution in [0.5, 0.6) is 0 Å². The van der Waals surface area contributed by atoms with Gasteiger partial charge < -0.3 is 9.84 Å². The SMILES string of the molecule is COC(=O)C1(C(=O)O)C=C2CCC1(C)C2(C)C. The van der Waals surface area contributed by atoms with Gasteiger partial charge in [0.2, 0.25) is 0 Å². The lowest BCUT2D eigenvalue weighted by molar-refractivity contribution is -0.174. The number of carboxylic acids is 1. The topological polar surface area (TPSA) is 63.6 Å². The summed E-state index contributed by atoms with van der Waals surface area (Å²) in [6, 6.07) is 0. The Kier molecular flexibility index (Phi) is 2.23. The van der Waals surface area contributed by atoms with E-state index in [1.54, 1.807) is 6.08 Å². The highest BCUT2D eigenvalue weighted by atomic mass is 16.5. The van der Waals surface area contributed by atoms with Crippen molar-refractivity contribution in [1.29, 1.82) is 0 Å². The van der Waals surface area contributed by atoms with E-state index in [1.165, 1.54) is 7.11 Å². The van der Waals surface area contributed by atoms with Crippen LogP contribution in [-0.4, -0.2) is 24.2 Å². The number of hydrogen-bond acceptors (Lipinski definition) is 3. The van der Waals surface area contributed by atoms with Gasteiger partial charge in [0.15, 0.2) is 5.41 Å². The van der Waals surface area contributed by atoms with Crippen LogP contribution in [0.25, 0.3) is 0 Å². The van der Waals surface area contributed by atoms with Crippen LogP contribution in [0.2, 0.25) is 0 Å². The highest BCUT2D eigenvalue weighted by Gasteiger charge is 2.71. The zero-order valence-corrected chi connectivity index (χ0v) is 10.7. The number of allylic oxidation sites excluding steroid dienone is 1. The first-order valence-electron chi connectivity index (χ1n) is 5.78. The highest BCUT2D eigenvalue weighted by molar-refractivity contribution is 6.04. The third-order valence-electron chi connectivity index (χ3n) is 5.18. The second-order valence-corrected chi connectivity index (χ2v) is 5.73. The van der Waals surface area contributed by atoms with Crippen LogP contribution in [0.3, 0.4) is 0 Å². The molecule has 0 radical (unpaired) electrons. The largest absolute Gasteiger partial charge is 0.480 e. The monoisotopic (exact) mass is 238 g/mol. The molecule has 17 heavy (non-hydrogen) atoms. The molecule has 4 nitrogen and oxygen atoms in total. The minimum Gasteiger partial charge on any atom is -0.480 e. The number of carboxylic acid groups (broad SMARTS) is 1. The molecule has 2 bridgehead atoms. The van der Waals surface area contributed by atoms with E-state index in [0.29, 0.717) is 6.42 Å². The predicted molar refractivity (Wildman–Crippen MR) is 61.3 cm³/mol. The fourth-order valence-electron chi connectivity index (χ4n) is 3.56. The molecule has 1 fully saturated rings. The maximum absolute atomic E-state index is 12.0. The first-order chi connectivity index (χ1) is 7.74. The van der Waals surface area contributed by atoms with Gasteiger partial charge in [-0.15, -0.1) is 0 Å². The van der Waals surface area contributed by atoms with E-state index in [1.807, 2.05) is 20.8 Å². The van der Waals surface area contributed by atoms with Crippen molar-refractivity contribution >= 4 is 11.9 Å². The lowest BCUT2D eigenvalue weighted by atomic mass is 9.57. The second kappa shape index (κ2) is 3.12. The number of esters is 1. The van der Waals surface area contributed by atoms with E-state index in [2.05, 4.69) is 0 Å². The van der Waals surface area contributed by atoms with Crippen LogP contribution < -0.4 is 0 Å². The summed E-state index contributed by atoms with van der Waals surface area (Å²) in [7, 11) is 1.24. The van der Waals surface area contributed by atoms with E-state index in [4.69, 9.17) is 4.74 Å². The van der Waals surface area contributed by atoms with Gasteiger partial charge in [0.1, 0.15) is 0 Å². The molecule has 0 aromatic rings. The van der Waals surface area contributed by atoms with E-state index in [0.717, 1.165) is 12.0 Å². The quantitative estimate of drug-likeness (QED) is 0.454. The molecule has 0 saturated heterocycles. The lowest BCUT2D eigenvalue weighted by Gasteiger charge is -2.43. The average molecular weight is 238 g/mol. The van der Waals surface area contributed by atoms with Crippen molar-refractivity contribution in [1.82, 2.24) is 0 Å². The number of carbonyl (C=O) groups is 2. The number of rotatable bonds is 2. The third kappa shape index (κ3) is 1.04. The van der Waals surface area contributed by atoms with E-state index in [9.17, 15) is 14.7 Å². The Morgan fingerprint density at radius 3 is 2.24 bits per heavy atom. The Morgan fingerprint density at radius 1 is 1.35 bits per heavy atom. The van der Waals surface area contributed by atoms with Gasteiger partial charge in [0, 0.05) is 5.41 Å². The summed E-state index contributed by atoms with van der Waals surface area (Å²) in [5.41, 5.74) is -1.32. The molecule has 2 unspecified atom stereocenters. The molecular weight excluding hydrogens is 220 g/mol. The molecule has 0 aliphatic heterocycles. The number of carbonyl (C=O) groups excluding carboxylic acids is 1. The van der Waals surface area contributed by atoms with E-state index in [-0.39, 0.29) is 5.41 Å². The second-order valence-electron chi connectivity index (χ2n) is 5.73. The lowest BCUT2D eigenvalue weighted by Crippen LogP contribution is -2.52. The Hall–Kier alpha value is -1.32. The summed E-state index contributed by atoms with van der Waals surface area (Å²) in [4.78, 5) is 23.7. The molecule has 0 aromatic carbocycles. The van der Waals surface area contributed by atoms with Crippen molar-refractivity contribution in [2.24, 2.45) is 16.2 Å². The number of methoxy groups -OCH3 is 1. The third-order valence-corrected chi connectivity index (χ3v) is 5.18. The average Bonchev–Trinajstić information content (AvgIpc) is 2.58. The van der Waals surface area contributed by atoms with Crippen LogP contribution in [-0.2, 0) is 14.3 Å². The minimum absolute atomic E-state index is 0.264. The van der Waals surface area contributed by atoms with Crippen molar-refractivity contribution in [3.8, 4) is 0 Å². The molecule has 2 aliphatic carbocycles. The summed E-state index contributed by atoms with van der Waals surface area (Å²) >= 11 is 0. The zero-order valence-electron chi connectivity index (χ0n) is 10.7. The van der Waals surface area contributed by atoms with Gasteiger partial charge in [-0.05, 0) is 18.3 Å². The maximum Gasteiger partial charge on any atom is 0.327 e. The summed E-state index contributed by atoms with van der Waals surface area (Å²) in [6.07, 6.45) is 3.22. The van der Waals surface area contributed by atoms with E-state index < -0.39 is 22.8 Å².